The lowest BCUT2D eigenvalue weighted by molar-refractivity contribution is 0.0950. The zero-order chi connectivity index (χ0) is 18.9. The SMILES string of the molecule is O=C(NCc1ccc(Cl)cc1)c1cncc(NCCCc2ccccc2)c1. The number of pyridine rings is 1. The molecule has 0 radical (unpaired) electrons. The van der Waals surface area contributed by atoms with Crippen LogP contribution in [0.15, 0.2) is 73.1 Å². The van der Waals surface area contributed by atoms with E-state index in [1.165, 1.54) is 5.56 Å². The molecule has 0 saturated carbocycles. The Hall–Kier alpha value is -2.85. The maximum absolute atomic E-state index is 12.3. The molecule has 0 fully saturated rings. The van der Waals surface area contributed by atoms with Gasteiger partial charge in [0.25, 0.3) is 5.91 Å². The topological polar surface area (TPSA) is 54.0 Å². The fourth-order valence-corrected chi connectivity index (χ4v) is 2.84. The molecule has 0 spiro atoms. The van der Waals surface area contributed by atoms with Crippen molar-refractivity contribution in [3.63, 3.8) is 0 Å². The van der Waals surface area contributed by atoms with E-state index in [-0.39, 0.29) is 5.91 Å². The second-order valence-electron chi connectivity index (χ2n) is 6.29. The summed E-state index contributed by atoms with van der Waals surface area (Å²) < 4.78 is 0. The highest BCUT2D eigenvalue weighted by molar-refractivity contribution is 6.30. The number of nitrogens with zero attached hydrogens (tertiary/aromatic N) is 1. The first-order valence-electron chi connectivity index (χ1n) is 8.96. The van der Waals surface area contributed by atoms with Crippen LogP contribution < -0.4 is 10.6 Å². The van der Waals surface area contributed by atoms with Gasteiger partial charge in [0, 0.05) is 30.5 Å². The second kappa shape index (κ2) is 9.74. The van der Waals surface area contributed by atoms with E-state index >= 15 is 0 Å². The minimum atomic E-state index is -0.148. The van der Waals surface area contributed by atoms with E-state index in [0.29, 0.717) is 17.1 Å². The van der Waals surface area contributed by atoms with Crippen LogP contribution in [0.1, 0.15) is 27.9 Å². The molecule has 2 N–H and O–H groups in total. The number of amides is 1. The Balaban J connectivity index is 1.47. The van der Waals surface area contributed by atoms with Crippen LogP contribution in [0, 0.1) is 0 Å². The van der Waals surface area contributed by atoms with Crippen LogP contribution >= 0.6 is 11.6 Å². The van der Waals surface area contributed by atoms with Gasteiger partial charge in [-0.1, -0.05) is 54.1 Å². The normalized spacial score (nSPS) is 10.4. The largest absolute Gasteiger partial charge is 0.384 e. The van der Waals surface area contributed by atoms with Crippen LogP contribution in [0.2, 0.25) is 5.02 Å². The molecule has 1 heterocycles. The van der Waals surface area contributed by atoms with Gasteiger partial charge in [-0.2, -0.15) is 0 Å². The lowest BCUT2D eigenvalue weighted by atomic mass is 10.1. The number of benzene rings is 2. The maximum atomic E-state index is 12.3. The van der Waals surface area contributed by atoms with Gasteiger partial charge in [-0.25, -0.2) is 0 Å². The van der Waals surface area contributed by atoms with Gasteiger partial charge in [-0.3, -0.25) is 9.78 Å². The highest BCUT2D eigenvalue weighted by atomic mass is 35.5. The molecule has 0 bridgehead atoms. The van der Waals surface area contributed by atoms with Crippen LogP contribution in [0.5, 0.6) is 0 Å². The monoisotopic (exact) mass is 379 g/mol. The smallest absolute Gasteiger partial charge is 0.253 e. The number of anilines is 1. The molecule has 138 valence electrons. The number of hydrogen-bond donors (Lipinski definition) is 2. The Labute approximate surface area is 164 Å². The maximum Gasteiger partial charge on any atom is 0.253 e. The molecular formula is C22H22ClN3O. The van der Waals surface area contributed by atoms with Crippen molar-refractivity contribution in [3.8, 4) is 0 Å². The molecule has 3 aromatic rings. The number of halogens is 1. The summed E-state index contributed by atoms with van der Waals surface area (Å²) in [7, 11) is 0. The van der Waals surface area contributed by atoms with E-state index in [2.05, 4.69) is 39.9 Å². The van der Waals surface area contributed by atoms with Gasteiger partial charge in [0.2, 0.25) is 0 Å². The van der Waals surface area contributed by atoms with Crippen molar-refractivity contribution in [1.82, 2.24) is 10.3 Å². The molecule has 0 aliphatic heterocycles. The van der Waals surface area contributed by atoms with E-state index in [4.69, 9.17) is 11.6 Å². The van der Waals surface area contributed by atoms with Crippen LogP contribution in [0.25, 0.3) is 0 Å². The summed E-state index contributed by atoms with van der Waals surface area (Å²) >= 11 is 5.87. The number of nitrogens with one attached hydrogen (secondary N) is 2. The molecule has 4 nitrogen and oxygen atoms in total. The molecule has 0 unspecified atom stereocenters. The minimum absolute atomic E-state index is 0.148. The number of hydrogen-bond acceptors (Lipinski definition) is 3. The van der Waals surface area contributed by atoms with Gasteiger partial charge >= 0.3 is 0 Å². The van der Waals surface area contributed by atoms with Crippen molar-refractivity contribution >= 4 is 23.2 Å². The van der Waals surface area contributed by atoms with Crippen molar-refractivity contribution in [2.24, 2.45) is 0 Å². The Morgan fingerprint density at radius 3 is 2.52 bits per heavy atom. The number of carbonyl (C=O) groups is 1. The van der Waals surface area contributed by atoms with Crippen LogP contribution in [-0.4, -0.2) is 17.4 Å². The zero-order valence-corrected chi connectivity index (χ0v) is 15.7. The predicted molar refractivity (Wildman–Crippen MR) is 110 cm³/mol. The highest BCUT2D eigenvalue weighted by Gasteiger charge is 2.07. The third-order valence-corrected chi connectivity index (χ3v) is 4.43. The molecule has 0 atom stereocenters. The van der Waals surface area contributed by atoms with Crippen molar-refractivity contribution in [3.05, 3.63) is 94.8 Å². The van der Waals surface area contributed by atoms with Gasteiger partial charge in [0.1, 0.15) is 0 Å². The first kappa shape index (κ1) is 18.9. The highest BCUT2D eigenvalue weighted by Crippen LogP contribution is 2.11. The van der Waals surface area contributed by atoms with Gasteiger partial charge in [0.15, 0.2) is 0 Å². The predicted octanol–water partition coefficient (Wildman–Crippen LogP) is 4.71. The van der Waals surface area contributed by atoms with Crippen molar-refractivity contribution < 1.29 is 4.79 Å². The lowest BCUT2D eigenvalue weighted by Crippen LogP contribution is -2.23. The molecule has 0 aliphatic rings. The number of aryl methyl sites for hydroxylation is 1. The Bertz CT molecular complexity index is 866. The first-order valence-corrected chi connectivity index (χ1v) is 9.34. The standard InChI is InChI=1S/C22H22ClN3O/c23-20-10-8-18(9-11-20)14-26-22(27)19-13-21(16-24-15-19)25-12-4-7-17-5-2-1-3-6-17/h1-3,5-6,8-11,13,15-16,25H,4,7,12,14H2,(H,26,27). The van der Waals surface area contributed by atoms with Crippen LogP contribution in [0.3, 0.4) is 0 Å². The minimum Gasteiger partial charge on any atom is -0.384 e. The summed E-state index contributed by atoms with van der Waals surface area (Å²) in [6, 6.07) is 19.6. The van der Waals surface area contributed by atoms with Gasteiger partial charge in [0.05, 0.1) is 11.3 Å². The second-order valence-corrected chi connectivity index (χ2v) is 6.72. The number of aromatic nitrogens is 1. The molecule has 0 saturated heterocycles. The van der Waals surface area contributed by atoms with Gasteiger partial charge in [-0.15, -0.1) is 0 Å². The Morgan fingerprint density at radius 1 is 0.963 bits per heavy atom. The van der Waals surface area contributed by atoms with E-state index < -0.39 is 0 Å². The summed E-state index contributed by atoms with van der Waals surface area (Å²) in [5, 5.41) is 6.91. The molecule has 1 amide bonds. The molecule has 27 heavy (non-hydrogen) atoms. The number of rotatable bonds is 8. The van der Waals surface area contributed by atoms with Crippen molar-refractivity contribution in [1.29, 1.82) is 0 Å². The van der Waals surface area contributed by atoms with E-state index in [9.17, 15) is 4.79 Å². The summed E-state index contributed by atoms with van der Waals surface area (Å²) in [6.07, 6.45) is 5.34. The Kier molecular flexibility index (Phi) is 6.83. The third kappa shape index (κ3) is 6.12. The van der Waals surface area contributed by atoms with Gasteiger partial charge in [-0.05, 0) is 42.2 Å². The molecular weight excluding hydrogens is 358 g/mol. The summed E-state index contributed by atoms with van der Waals surface area (Å²) in [6.45, 7) is 1.27. The molecule has 2 aromatic carbocycles. The van der Waals surface area contributed by atoms with Crippen molar-refractivity contribution in [2.75, 3.05) is 11.9 Å². The summed E-state index contributed by atoms with van der Waals surface area (Å²) in [5.41, 5.74) is 3.71. The van der Waals surface area contributed by atoms with Crippen LogP contribution in [0.4, 0.5) is 5.69 Å². The van der Waals surface area contributed by atoms with Crippen molar-refractivity contribution in [2.45, 2.75) is 19.4 Å². The van der Waals surface area contributed by atoms with E-state index in [1.54, 1.807) is 12.4 Å². The third-order valence-electron chi connectivity index (χ3n) is 4.18. The van der Waals surface area contributed by atoms with Crippen LogP contribution in [-0.2, 0) is 13.0 Å². The molecule has 1 aromatic heterocycles. The quantitative estimate of drug-likeness (QED) is 0.557. The van der Waals surface area contributed by atoms with E-state index in [1.807, 2.05) is 36.4 Å². The Morgan fingerprint density at radius 2 is 1.74 bits per heavy atom. The summed E-state index contributed by atoms with van der Waals surface area (Å²) in [5.74, 6) is -0.148. The average molecular weight is 380 g/mol. The first-order chi connectivity index (χ1) is 13.2. The average Bonchev–Trinajstić information content (AvgIpc) is 2.71. The van der Waals surface area contributed by atoms with E-state index in [0.717, 1.165) is 30.6 Å². The molecule has 0 aliphatic carbocycles. The zero-order valence-electron chi connectivity index (χ0n) is 15.0. The molecule has 3 rings (SSSR count). The molecule has 5 heteroatoms. The lowest BCUT2D eigenvalue weighted by Gasteiger charge is -2.09. The van der Waals surface area contributed by atoms with Gasteiger partial charge < -0.3 is 10.6 Å². The fraction of sp³-hybridized carbons (Fsp3) is 0.182. The summed E-state index contributed by atoms with van der Waals surface area (Å²) in [4.78, 5) is 16.5. The number of carbonyl (C=O) groups excluding carboxylic acids is 1. The fourth-order valence-electron chi connectivity index (χ4n) is 2.72.